The molecule has 2 N–H and O–H groups in total. The summed E-state index contributed by atoms with van der Waals surface area (Å²) < 4.78 is 12.3. The van der Waals surface area contributed by atoms with Crippen molar-refractivity contribution >= 4 is 28.8 Å². The van der Waals surface area contributed by atoms with Gasteiger partial charge < -0.3 is 24.0 Å². The molecule has 2 amide bonds. The van der Waals surface area contributed by atoms with E-state index < -0.39 is 5.91 Å². The van der Waals surface area contributed by atoms with E-state index in [0.717, 1.165) is 36.0 Å². The highest BCUT2D eigenvalue weighted by Crippen LogP contribution is 2.31. The second kappa shape index (κ2) is 11.5. The van der Waals surface area contributed by atoms with E-state index in [9.17, 15) is 14.9 Å². The van der Waals surface area contributed by atoms with Gasteiger partial charge >= 0.3 is 0 Å². The molecule has 11 nitrogen and oxygen atoms in total. The molecule has 0 unspecified atom stereocenters. The van der Waals surface area contributed by atoms with E-state index in [-0.39, 0.29) is 34.1 Å². The molecule has 11 heteroatoms. The largest absolute Gasteiger partial charge is 0.379 e. The zero-order valence-corrected chi connectivity index (χ0v) is 24.1. The predicted molar refractivity (Wildman–Crippen MR) is 153 cm³/mol. The normalized spacial score (nSPS) is 18.8. The molecule has 1 aromatic carbocycles. The number of anilines is 1. The summed E-state index contributed by atoms with van der Waals surface area (Å²) in [5.74, 6) is -0.301. The lowest BCUT2D eigenvalue weighted by molar-refractivity contribution is -0.128. The van der Waals surface area contributed by atoms with Crippen LogP contribution in [-0.2, 0) is 22.6 Å². The van der Waals surface area contributed by atoms with Gasteiger partial charge in [-0.15, -0.1) is 0 Å². The number of ether oxygens (including phenoxy) is 1. The fourth-order valence-electron chi connectivity index (χ4n) is 5.30. The van der Waals surface area contributed by atoms with Gasteiger partial charge in [0.1, 0.15) is 11.6 Å². The van der Waals surface area contributed by atoms with Gasteiger partial charge in [0.15, 0.2) is 0 Å². The van der Waals surface area contributed by atoms with Crippen LogP contribution in [0.2, 0.25) is 0 Å². The first-order valence-electron chi connectivity index (χ1n) is 14.0. The summed E-state index contributed by atoms with van der Waals surface area (Å²) in [5.41, 5.74) is 2.66. The topological polar surface area (TPSA) is 138 Å². The Kier molecular flexibility index (Phi) is 7.98. The Morgan fingerprint density at radius 1 is 1.27 bits per heavy atom. The number of nitrogens with one attached hydrogen (secondary N) is 2. The molecular weight excluding hydrogens is 522 g/mol. The Labute approximate surface area is 239 Å². The molecule has 0 bridgehead atoms. The van der Waals surface area contributed by atoms with Gasteiger partial charge in [-0.25, -0.2) is 4.98 Å². The molecule has 1 atom stereocenters. The average molecular weight is 560 g/mol. The summed E-state index contributed by atoms with van der Waals surface area (Å²) in [6, 6.07) is 9.50. The van der Waals surface area contributed by atoms with E-state index in [4.69, 9.17) is 14.2 Å². The molecule has 2 saturated heterocycles. The van der Waals surface area contributed by atoms with E-state index in [1.807, 2.05) is 29.7 Å². The lowest BCUT2D eigenvalue weighted by Gasteiger charge is -2.35. The number of amides is 2. The van der Waals surface area contributed by atoms with Crippen molar-refractivity contribution < 1.29 is 18.8 Å². The molecule has 41 heavy (non-hydrogen) atoms. The fraction of sp³-hybridized carbons (Fsp3) is 0.500. The highest BCUT2D eigenvalue weighted by Gasteiger charge is 2.36. The number of nitriles is 1. The first kappa shape index (κ1) is 28.5. The number of imidazole rings is 1. The van der Waals surface area contributed by atoms with E-state index >= 15 is 0 Å². The number of rotatable bonds is 9. The van der Waals surface area contributed by atoms with Gasteiger partial charge in [0, 0.05) is 37.7 Å². The standard InChI is InChI=1S/C30H37N7O4/c1-29(2,3)17-32-15-20-7-8-24-23(12-20)34-28(35-26(38)25-9-10-33-41-25)37(24)16-22-6-5-11-36(22)27(39)21(14-31)13-30(4)18-40-19-30/h7-10,12-13,22,32H,5-6,11,15-19H2,1-4H3,(H,34,35,38)/t22-/m1/s1. The lowest BCUT2D eigenvalue weighted by Crippen LogP contribution is -2.41. The number of carbonyl (C=O) groups is 2. The number of benzene rings is 1. The van der Waals surface area contributed by atoms with Gasteiger partial charge in [0.2, 0.25) is 11.7 Å². The molecule has 0 radical (unpaired) electrons. The maximum Gasteiger partial charge on any atom is 0.296 e. The van der Waals surface area contributed by atoms with Crippen molar-refractivity contribution in [2.45, 2.75) is 59.7 Å². The minimum Gasteiger partial charge on any atom is -0.379 e. The highest BCUT2D eigenvalue weighted by atomic mass is 16.5. The van der Waals surface area contributed by atoms with Crippen LogP contribution in [0.1, 0.15) is 56.7 Å². The third-order valence-corrected chi connectivity index (χ3v) is 7.42. The number of fused-ring (bicyclic) bond motifs is 1. The van der Waals surface area contributed by atoms with Crippen LogP contribution in [-0.4, -0.2) is 63.8 Å². The van der Waals surface area contributed by atoms with Crippen molar-refractivity contribution in [3.8, 4) is 6.07 Å². The first-order valence-corrected chi connectivity index (χ1v) is 14.0. The van der Waals surface area contributed by atoms with Crippen LogP contribution in [0.15, 0.2) is 46.6 Å². The Morgan fingerprint density at radius 2 is 2.07 bits per heavy atom. The molecule has 0 spiro atoms. The van der Waals surface area contributed by atoms with Gasteiger partial charge in [-0.2, -0.15) is 5.26 Å². The minimum absolute atomic E-state index is 0.0746. The molecule has 2 fully saturated rings. The number of likely N-dealkylation sites (tertiary alicyclic amines) is 1. The van der Waals surface area contributed by atoms with Gasteiger partial charge in [0.05, 0.1) is 36.5 Å². The second-order valence-corrected chi connectivity index (χ2v) is 12.5. The third kappa shape index (κ3) is 6.50. The van der Waals surface area contributed by atoms with Crippen molar-refractivity contribution in [2.24, 2.45) is 10.8 Å². The van der Waals surface area contributed by atoms with E-state index in [2.05, 4.69) is 42.6 Å². The molecule has 4 heterocycles. The van der Waals surface area contributed by atoms with Gasteiger partial charge in [-0.3, -0.25) is 14.9 Å². The summed E-state index contributed by atoms with van der Waals surface area (Å²) in [6.07, 6.45) is 4.76. The summed E-state index contributed by atoms with van der Waals surface area (Å²) in [5, 5.41) is 19.8. The second-order valence-electron chi connectivity index (χ2n) is 12.5. The van der Waals surface area contributed by atoms with E-state index in [1.54, 1.807) is 11.0 Å². The monoisotopic (exact) mass is 559 g/mol. The van der Waals surface area contributed by atoms with Gasteiger partial charge in [-0.1, -0.05) is 45.0 Å². The van der Waals surface area contributed by atoms with Crippen molar-refractivity contribution in [1.82, 2.24) is 24.9 Å². The fourth-order valence-corrected chi connectivity index (χ4v) is 5.30. The predicted octanol–water partition coefficient (Wildman–Crippen LogP) is 3.89. The van der Waals surface area contributed by atoms with Crippen molar-refractivity contribution in [3.63, 3.8) is 0 Å². The lowest BCUT2D eigenvalue weighted by atomic mass is 9.86. The molecule has 216 valence electrons. The zero-order chi connectivity index (χ0) is 29.2. The maximum absolute atomic E-state index is 13.5. The van der Waals surface area contributed by atoms with Crippen LogP contribution < -0.4 is 10.6 Å². The zero-order valence-electron chi connectivity index (χ0n) is 24.1. The third-order valence-electron chi connectivity index (χ3n) is 7.42. The van der Waals surface area contributed by atoms with Crippen LogP contribution in [0.5, 0.6) is 0 Å². The van der Waals surface area contributed by atoms with Gasteiger partial charge in [-0.05, 0) is 36.0 Å². The number of hydrogen-bond acceptors (Lipinski definition) is 8. The number of carbonyl (C=O) groups excluding carboxylic acids is 2. The SMILES string of the molecule is CC(C)(C)CNCc1ccc2c(c1)nc(NC(=O)c1ccno1)n2C[C@H]1CCCN1C(=O)C(C#N)=CC1(C)COC1. The first-order chi connectivity index (χ1) is 19.5. The van der Waals surface area contributed by atoms with Crippen LogP contribution in [0.4, 0.5) is 5.95 Å². The highest BCUT2D eigenvalue weighted by molar-refractivity contribution is 6.02. The summed E-state index contributed by atoms with van der Waals surface area (Å²) in [4.78, 5) is 32.9. The van der Waals surface area contributed by atoms with Crippen LogP contribution in [0.25, 0.3) is 11.0 Å². The Hall–Kier alpha value is -4.01. The molecule has 5 rings (SSSR count). The van der Waals surface area contributed by atoms with Crippen molar-refractivity contribution in [3.05, 3.63) is 53.4 Å². The Balaban J connectivity index is 1.42. The molecule has 0 saturated carbocycles. The molecular formula is C30H37N7O4. The number of nitrogens with zero attached hydrogens (tertiary/aromatic N) is 5. The summed E-state index contributed by atoms with van der Waals surface area (Å²) >= 11 is 0. The molecule has 0 aliphatic carbocycles. The van der Waals surface area contributed by atoms with Crippen molar-refractivity contribution in [2.75, 3.05) is 31.6 Å². The molecule has 2 aliphatic rings. The summed E-state index contributed by atoms with van der Waals surface area (Å²) in [7, 11) is 0. The average Bonchev–Trinajstić information content (AvgIpc) is 3.66. The van der Waals surface area contributed by atoms with E-state index in [1.165, 1.54) is 12.3 Å². The smallest absolute Gasteiger partial charge is 0.296 e. The maximum atomic E-state index is 13.5. The van der Waals surface area contributed by atoms with Crippen LogP contribution >= 0.6 is 0 Å². The van der Waals surface area contributed by atoms with Gasteiger partial charge in [0.25, 0.3) is 11.8 Å². The van der Waals surface area contributed by atoms with Crippen LogP contribution in [0, 0.1) is 22.2 Å². The Bertz CT molecular complexity index is 1490. The molecule has 2 aliphatic heterocycles. The molecule has 2 aromatic heterocycles. The number of aromatic nitrogens is 3. The molecule has 3 aromatic rings. The minimum atomic E-state index is -0.462. The van der Waals surface area contributed by atoms with Crippen LogP contribution in [0.3, 0.4) is 0 Å². The number of hydrogen-bond donors (Lipinski definition) is 2. The van der Waals surface area contributed by atoms with E-state index in [0.29, 0.717) is 38.8 Å². The van der Waals surface area contributed by atoms with Crippen molar-refractivity contribution in [1.29, 1.82) is 5.26 Å². The quantitative estimate of drug-likeness (QED) is 0.297. The Morgan fingerprint density at radius 3 is 2.73 bits per heavy atom. The summed E-state index contributed by atoms with van der Waals surface area (Å²) in [6.45, 7) is 12.1.